The Hall–Kier alpha value is -1.24. The minimum Gasteiger partial charge on any atom is -0.462 e. The van der Waals surface area contributed by atoms with E-state index in [4.69, 9.17) is 4.74 Å². The van der Waals surface area contributed by atoms with Crippen LogP contribution in [0.15, 0.2) is 12.2 Å². The summed E-state index contributed by atoms with van der Waals surface area (Å²) in [4.78, 5) is 24.9. The summed E-state index contributed by atoms with van der Waals surface area (Å²) in [5.74, 6) is -1.43. The molecule has 1 spiro atoms. The van der Waals surface area contributed by atoms with Crippen LogP contribution in [0.1, 0.15) is 53.4 Å². The first-order chi connectivity index (χ1) is 12.9. The van der Waals surface area contributed by atoms with Gasteiger partial charge in [-0.05, 0) is 36.7 Å². The van der Waals surface area contributed by atoms with Crippen molar-refractivity contribution in [2.75, 3.05) is 0 Å². The molecule has 9 atom stereocenters. The standard InChI is InChI=1S/C22H32O6/c1-10-12-6-7-13-21(5)14(8-16(25)22(13,18(10)26)19(12)27)20(3,4)17(9-15(21)24)28-11(2)23/h12-17,19,24-25,27H,1,6-9H2,2-5H3/t12-,13-,14+,15+,16+,17-,19+,21-,22-/m0/s1. The smallest absolute Gasteiger partial charge is 0.302 e. The lowest BCUT2D eigenvalue weighted by molar-refractivity contribution is -0.270. The van der Waals surface area contributed by atoms with Gasteiger partial charge in [-0.1, -0.05) is 27.4 Å². The van der Waals surface area contributed by atoms with Gasteiger partial charge in [0.1, 0.15) is 6.10 Å². The SMILES string of the molecule is C=C1C(=O)[C@@]23[C@H](O)C[C@@H]4C(C)(C)[C@@H](OC(C)=O)C[C@@H](O)[C@@]4(C)[C@@H]2CC[C@@H]1[C@H]3O. The van der Waals surface area contributed by atoms with Crippen molar-refractivity contribution >= 4 is 11.8 Å². The summed E-state index contributed by atoms with van der Waals surface area (Å²) in [6.45, 7) is 11.3. The average molecular weight is 392 g/mol. The normalized spacial score (nSPS) is 52.0. The molecule has 0 aromatic rings. The fourth-order valence-corrected chi connectivity index (χ4v) is 7.66. The van der Waals surface area contributed by atoms with Gasteiger partial charge in [-0.2, -0.15) is 0 Å². The van der Waals surface area contributed by atoms with Crippen molar-refractivity contribution in [1.29, 1.82) is 0 Å². The van der Waals surface area contributed by atoms with Gasteiger partial charge in [0.2, 0.25) is 0 Å². The number of carbonyl (C=O) groups excluding carboxylic acids is 2. The Morgan fingerprint density at radius 2 is 1.71 bits per heavy atom. The molecule has 6 heteroatoms. The fraction of sp³-hybridized carbons (Fsp3) is 0.818. The van der Waals surface area contributed by atoms with Gasteiger partial charge in [-0.15, -0.1) is 0 Å². The number of ketones is 1. The van der Waals surface area contributed by atoms with E-state index in [0.717, 1.165) is 0 Å². The van der Waals surface area contributed by atoms with E-state index in [1.165, 1.54) is 6.92 Å². The van der Waals surface area contributed by atoms with Crippen LogP contribution in [-0.2, 0) is 14.3 Å². The molecule has 4 rings (SSSR count). The number of carbonyl (C=O) groups is 2. The topological polar surface area (TPSA) is 104 Å². The Kier molecular flexibility index (Phi) is 4.22. The zero-order valence-corrected chi connectivity index (χ0v) is 17.1. The van der Waals surface area contributed by atoms with Crippen LogP contribution in [0.3, 0.4) is 0 Å². The van der Waals surface area contributed by atoms with E-state index in [2.05, 4.69) is 6.58 Å². The molecule has 156 valence electrons. The van der Waals surface area contributed by atoms with Crippen molar-refractivity contribution in [3.05, 3.63) is 12.2 Å². The highest BCUT2D eigenvalue weighted by Crippen LogP contribution is 2.71. The summed E-state index contributed by atoms with van der Waals surface area (Å²) in [6, 6.07) is 0. The van der Waals surface area contributed by atoms with Gasteiger partial charge in [-0.25, -0.2) is 0 Å². The van der Waals surface area contributed by atoms with Crippen molar-refractivity contribution < 1.29 is 29.6 Å². The van der Waals surface area contributed by atoms with Crippen LogP contribution in [0, 0.1) is 34.0 Å². The van der Waals surface area contributed by atoms with Gasteiger partial charge >= 0.3 is 5.97 Å². The lowest BCUT2D eigenvalue weighted by Crippen LogP contribution is -2.71. The molecule has 4 aliphatic rings. The summed E-state index contributed by atoms with van der Waals surface area (Å²) in [6.07, 6.45) is -1.38. The second kappa shape index (κ2) is 5.89. The Morgan fingerprint density at radius 1 is 1.07 bits per heavy atom. The molecule has 2 bridgehead atoms. The highest BCUT2D eigenvalue weighted by atomic mass is 16.5. The number of aliphatic hydroxyl groups excluding tert-OH is 3. The number of hydrogen-bond acceptors (Lipinski definition) is 6. The molecule has 0 aromatic heterocycles. The van der Waals surface area contributed by atoms with Crippen LogP contribution in [0.2, 0.25) is 0 Å². The van der Waals surface area contributed by atoms with Crippen LogP contribution in [0.25, 0.3) is 0 Å². The van der Waals surface area contributed by atoms with Crippen molar-refractivity contribution in [2.45, 2.75) is 77.8 Å². The quantitative estimate of drug-likeness (QED) is 0.463. The number of rotatable bonds is 1. The van der Waals surface area contributed by atoms with E-state index >= 15 is 0 Å². The number of ether oxygens (including phenoxy) is 1. The summed E-state index contributed by atoms with van der Waals surface area (Å²) in [7, 11) is 0. The van der Waals surface area contributed by atoms with Gasteiger partial charge in [0.15, 0.2) is 5.78 Å². The lowest BCUT2D eigenvalue weighted by atomic mass is 9.38. The lowest BCUT2D eigenvalue weighted by Gasteiger charge is -2.67. The Balaban J connectivity index is 1.84. The van der Waals surface area contributed by atoms with Crippen LogP contribution in [0.5, 0.6) is 0 Å². The van der Waals surface area contributed by atoms with Crippen molar-refractivity contribution in [3.8, 4) is 0 Å². The van der Waals surface area contributed by atoms with Gasteiger partial charge in [-0.3, -0.25) is 9.59 Å². The first-order valence-corrected chi connectivity index (χ1v) is 10.4. The number of esters is 1. The van der Waals surface area contributed by atoms with Crippen molar-refractivity contribution in [2.24, 2.45) is 34.0 Å². The van der Waals surface area contributed by atoms with Crippen LogP contribution in [0.4, 0.5) is 0 Å². The maximum atomic E-state index is 13.3. The van der Waals surface area contributed by atoms with Crippen LogP contribution in [-0.4, -0.2) is 51.5 Å². The summed E-state index contributed by atoms with van der Waals surface area (Å²) in [5, 5.41) is 33.7. The van der Waals surface area contributed by atoms with Crippen molar-refractivity contribution in [3.63, 3.8) is 0 Å². The molecule has 3 N–H and O–H groups in total. The van der Waals surface area contributed by atoms with Gasteiger partial charge in [0.25, 0.3) is 0 Å². The number of fused-ring (bicyclic) bond motifs is 3. The van der Waals surface area contributed by atoms with E-state index in [0.29, 0.717) is 18.4 Å². The number of aliphatic hydroxyl groups is 3. The molecule has 0 amide bonds. The highest BCUT2D eigenvalue weighted by molar-refractivity contribution is 6.04. The molecule has 4 saturated carbocycles. The maximum absolute atomic E-state index is 13.3. The predicted octanol–water partition coefficient (Wildman–Crippen LogP) is 1.61. The molecular weight excluding hydrogens is 360 g/mol. The first-order valence-electron chi connectivity index (χ1n) is 10.4. The fourth-order valence-electron chi connectivity index (χ4n) is 7.66. The van der Waals surface area contributed by atoms with Crippen molar-refractivity contribution in [1.82, 2.24) is 0 Å². The molecule has 4 aliphatic carbocycles. The third-order valence-corrected chi connectivity index (χ3v) is 9.05. The number of Topliss-reactive ketones (excluding diaryl/α,β-unsaturated/α-hetero) is 1. The molecule has 0 saturated heterocycles. The van der Waals surface area contributed by atoms with E-state index in [1.54, 1.807) is 0 Å². The van der Waals surface area contributed by atoms with E-state index in [-0.39, 0.29) is 42.3 Å². The Morgan fingerprint density at radius 3 is 2.32 bits per heavy atom. The van der Waals surface area contributed by atoms with Crippen LogP contribution < -0.4 is 0 Å². The van der Waals surface area contributed by atoms with E-state index in [9.17, 15) is 24.9 Å². The first kappa shape index (κ1) is 20.0. The molecule has 4 fully saturated rings. The van der Waals surface area contributed by atoms with Crippen LogP contribution >= 0.6 is 0 Å². The maximum Gasteiger partial charge on any atom is 0.302 e. The third-order valence-electron chi connectivity index (χ3n) is 9.05. The molecule has 0 aromatic carbocycles. The zero-order valence-electron chi connectivity index (χ0n) is 17.1. The minimum absolute atomic E-state index is 0.163. The molecular formula is C22H32O6. The monoisotopic (exact) mass is 392 g/mol. The summed E-state index contributed by atoms with van der Waals surface area (Å²) >= 11 is 0. The molecule has 0 unspecified atom stereocenters. The number of hydrogen-bond donors (Lipinski definition) is 3. The summed E-state index contributed by atoms with van der Waals surface area (Å²) < 4.78 is 5.55. The summed E-state index contributed by atoms with van der Waals surface area (Å²) in [5.41, 5.74) is -2.02. The molecule has 6 nitrogen and oxygen atoms in total. The van der Waals surface area contributed by atoms with E-state index in [1.807, 2.05) is 20.8 Å². The molecule has 0 heterocycles. The second-order valence-corrected chi connectivity index (χ2v) is 10.3. The Bertz CT molecular complexity index is 743. The van der Waals surface area contributed by atoms with Gasteiger partial charge < -0.3 is 20.1 Å². The largest absolute Gasteiger partial charge is 0.462 e. The zero-order chi connectivity index (χ0) is 20.8. The van der Waals surface area contributed by atoms with Gasteiger partial charge in [0.05, 0.1) is 23.7 Å². The highest BCUT2D eigenvalue weighted by Gasteiger charge is 2.76. The Labute approximate surface area is 166 Å². The average Bonchev–Trinajstić information content (AvgIpc) is 2.71. The molecule has 0 aliphatic heterocycles. The second-order valence-electron chi connectivity index (χ2n) is 10.3. The molecule has 0 radical (unpaired) electrons. The molecule has 28 heavy (non-hydrogen) atoms. The van der Waals surface area contributed by atoms with Gasteiger partial charge in [0, 0.05) is 30.1 Å². The minimum atomic E-state index is -1.28. The third kappa shape index (κ3) is 2.09. The van der Waals surface area contributed by atoms with E-state index < -0.39 is 40.7 Å². The predicted molar refractivity (Wildman–Crippen MR) is 101 cm³/mol.